The van der Waals surface area contributed by atoms with Gasteiger partial charge in [-0.05, 0) is 41.8 Å². The number of carbonyl (C=O) groups excluding carboxylic acids is 1. The van der Waals surface area contributed by atoms with Crippen LogP contribution in [0.3, 0.4) is 0 Å². The van der Waals surface area contributed by atoms with E-state index in [1.54, 1.807) is 6.20 Å². The predicted molar refractivity (Wildman–Crippen MR) is 104 cm³/mol. The summed E-state index contributed by atoms with van der Waals surface area (Å²) in [4.78, 5) is 12.4. The monoisotopic (exact) mass is 419 g/mol. The zero-order chi connectivity index (χ0) is 21.7. The molecule has 0 saturated heterocycles. The van der Waals surface area contributed by atoms with E-state index in [2.05, 4.69) is 29.0 Å². The maximum Gasteiger partial charge on any atom is 0.387 e. The summed E-state index contributed by atoms with van der Waals surface area (Å²) in [5.74, 6) is -0.849. The molecule has 0 aliphatic rings. The molecule has 6 nitrogen and oxygen atoms in total. The third-order valence-corrected chi connectivity index (χ3v) is 4.19. The fraction of sp³-hybridized carbons (Fsp3) is 0.238. The first kappa shape index (κ1) is 21.2. The highest BCUT2D eigenvalue weighted by atomic mass is 19.3. The molecule has 0 atom stereocenters. The molecule has 0 bridgehead atoms. The number of hydrogen-bond donors (Lipinski definition) is 1. The normalized spacial score (nSPS) is 11.0. The van der Waals surface area contributed by atoms with Crippen molar-refractivity contribution in [2.45, 2.75) is 33.1 Å². The summed E-state index contributed by atoms with van der Waals surface area (Å²) in [6.45, 7) is 1.11. The lowest BCUT2D eigenvalue weighted by atomic mass is 10.0. The van der Waals surface area contributed by atoms with E-state index in [0.717, 1.165) is 18.2 Å². The summed E-state index contributed by atoms with van der Waals surface area (Å²) in [5, 5.41) is 6.47. The van der Waals surface area contributed by atoms with E-state index in [4.69, 9.17) is 4.74 Å². The van der Waals surface area contributed by atoms with Gasteiger partial charge in [-0.2, -0.15) is 13.9 Å². The second-order valence-electron chi connectivity index (χ2n) is 6.71. The Balaban J connectivity index is 1.62. The second kappa shape index (κ2) is 9.34. The van der Waals surface area contributed by atoms with Crippen LogP contribution in [0.1, 0.15) is 35.8 Å². The van der Waals surface area contributed by atoms with Crippen molar-refractivity contribution in [2.24, 2.45) is 0 Å². The molecule has 3 aromatic rings. The second-order valence-corrected chi connectivity index (χ2v) is 6.71. The number of aromatic nitrogens is 2. The van der Waals surface area contributed by atoms with Gasteiger partial charge in [-0.25, -0.2) is 9.07 Å². The Hall–Kier alpha value is -3.49. The zero-order valence-electron chi connectivity index (χ0n) is 16.3. The minimum atomic E-state index is -3.16. The first-order chi connectivity index (χ1) is 14.3. The quantitative estimate of drug-likeness (QED) is 0.556. The van der Waals surface area contributed by atoms with Gasteiger partial charge in [0.1, 0.15) is 11.6 Å². The van der Waals surface area contributed by atoms with Gasteiger partial charge in [-0.3, -0.25) is 4.79 Å². The Morgan fingerprint density at radius 3 is 2.53 bits per heavy atom. The van der Waals surface area contributed by atoms with Crippen molar-refractivity contribution >= 4 is 11.6 Å². The van der Waals surface area contributed by atoms with Crippen LogP contribution in [0.2, 0.25) is 0 Å². The minimum absolute atomic E-state index is 0.0288. The van der Waals surface area contributed by atoms with E-state index in [-0.39, 0.29) is 18.1 Å². The van der Waals surface area contributed by atoms with E-state index in [9.17, 15) is 18.0 Å². The standard InChI is InChI=1S/C21H20F3N3O3/c1-13(2)14-3-6-16(7-4-14)29-12-27-10-9-18(26-27)20(28)25-17-8-5-15(22)11-19(17)30-21(23)24/h3-11,13,21H,12H2,1-2H3,(H,25,28). The van der Waals surface area contributed by atoms with Gasteiger partial charge in [-0.15, -0.1) is 0 Å². The van der Waals surface area contributed by atoms with Gasteiger partial charge < -0.3 is 14.8 Å². The highest BCUT2D eigenvalue weighted by molar-refractivity contribution is 6.03. The van der Waals surface area contributed by atoms with Crippen molar-refractivity contribution in [2.75, 3.05) is 5.32 Å². The summed E-state index contributed by atoms with van der Waals surface area (Å²) < 4.78 is 49.6. The van der Waals surface area contributed by atoms with E-state index in [1.807, 2.05) is 24.3 Å². The van der Waals surface area contributed by atoms with Crippen LogP contribution >= 0.6 is 0 Å². The molecule has 0 radical (unpaired) electrons. The Labute approximate surface area is 171 Å². The van der Waals surface area contributed by atoms with Crippen molar-refractivity contribution in [3.63, 3.8) is 0 Å². The summed E-state index contributed by atoms with van der Waals surface area (Å²) >= 11 is 0. The lowest BCUT2D eigenvalue weighted by molar-refractivity contribution is -0.0495. The van der Waals surface area contributed by atoms with Gasteiger partial charge in [0.25, 0.3) is 5.91 Å². The fourth-order valence-corrected chi connectivity index (χ4v) is 2.62. The number of hydrogen-bond acceptors (Lipinski definition) is 4. The molecule has 9 heteroatoms. The third kappa shape index (κ3) is 5.53. The Morgan fingerprint density at radius 1 is 1.13 bits per heavy atom. The number of rotatable bonds is 8. The number of ether oxygens (including phenoxy) is 2. The highest BCUT2D eigenvalue weighted by Crippen LogP contribution is 2.27. The highest BCUT2D eigenvalue weighted by Gasteiger charge is 2.16. The van der Waals surface area contributed by atoms with Crippen molar-refractivity contribution < 1.29 is 27.4 Å². The van der Waals surface area contributed by atoms with Crippen LogP contribution in [0.5, 0.6) is 11.5 Å². The van der Waals surface area contributed by atoms with Crippen molar-refractivity contribution in [3.8, 4) is 11.5 Å². The summed E-state index contributed by atoms with van der Waals surface area (Å²) in [6.07, 6.45) is 1.54. The van der Waals surface area contributed by atoms with Crippen LogP contribution in [-0.2, 0) is 6.73 Å². The number of amides is 1. The largest absolute Gasteiger partial charge is 0.471 e. The average Bonchev–Trinajstić information content (AvgIpc) is 3.17. The lowest BCUT2D eigenvalue weighted by Crippen LogP contribution is -2.15. The van der Waals surface area contributed by atoms with Crippen LogP contribution in [0, 0.1) is 5.82 Å². The molecule has 1 N–H and O–H groups in total. The molecule has 0 aliphatic carbocycles. The SMILES string of the molecule is CC(C)c1ccc(OCn2ccc(C(=O)Nc3ccc(F)cc3OC(F)F)n2)cc1. The third-order valence-electron chi connectivity index (χ3n) is 4.19. The van der Waals surface area contributed by atoms with Gasteiger partial charge in [0.15, 0.2) is 18.2 Å². The zero-order valence-corrected chi connectivity index (χ0v) is 16.3. The van der Waals surface area contributed by atoms with Gasteiger partial charge in [0, 0.05) is 12.3 Å². The van der Waals surface area contributed by atoms with Gasteiger partial charge in [-0.1, -0.05) is 26.0 Å². The van der Waals surface area contributed by atoms with Crippen LogP contribution in [-0.4, -0.2) is 22.3 Å². The smallest absolute Gasteiger partial charge is 0.387 e. The molecular formula is C21H20F3N3O3. The number of anilines is 1. The van der Waals surface area contributed by atoms with Gasteiger partial charge in [0.2, 0.25) is 0 Å². The molecule has 1 heterocycles. The van der Waals surface area contributed by atoms with Gasteiger partial charge >= 0.3 is 6.61 Å². The van der Waals surface area contributed by atoms with Crippen molar-refractivity contribution in [3.05, 3.63) is 71.8 Å². The fourth-order valence-electron chi connectivity index (χ4n) is 2.62. The van der Waals surface area contributed by atoms with Crippen molar-refractivity contribution in [1.29, 1.82) is 0 Å². The van der Waals surface area contributed by atoms with E-state index in [1.165, 1.54) is 16.3 Å². The van der Waals surface area contributed by atoms with Crippen molar-refractivity contribution in [1.82, 2.24) is 9.78 Å². The molecule has 1 aromatic heterocycles. The predicted octanol–water partition coefficient (Wildman–Crippen LogP) is 5.04. The maximum absolute atomic E-state index is 13.3. The summed E-state index contributed by atoms with van der Waals surface area (Å²) in [5.41, 5.74) is 1.12. The number of halogens is 3. The molecule has 30 heavy (non-hydrogen) atoms. The van der Waals surface area contributed by atoms with E-state index in [0.29, 0.717) is 11.7 Å². The molecular weight excluding hydrogens is 399 g/mol. The van der Waals surface area contributed by atoms with E-state index >= 15 is 0 Å². The number of alkyl halides is 2. The molecule has 2 aromatic carbocycles. The molecule has 0 unspecified atom stereocenters. The Morgan fingerprint density at radius 2 is 1.87 bits per heavy atom. The van der Waals surface area contributed by atoms with Crippen LogP contribution < -0.4 is 14.8 Å². The molecule has 0 aliphatic heterocycles. The van der Waals surface area contributed by atoms with Gasteiger partial charge in [0.05, 0.1) is 5.69 Å². The Kier molecular flexibility index (Phi) is 6.61. The molecule has 0 spiro atoms. The number of carbonyl (C=O) groups is 1. The average molecular weight is 419 g/mol. The topological polar surface area (TPSA) is 65.4 Å². The summed E-state index contributed by atoms with van der Waals surface area (Å²) in [6, 6.07) is 12.0. The molecule has 0 saturated carbocycles. The van der Waals surface area contributed by atoms with Crippen LogP contribution in [0.25, 0.3) is 0 Å². The number of nitrogens with zero attached hydrogens (tertiary/aromatic N) is 2. The molecule has 3 rings (SSSR count). The maximum atomic E-state index is 13.3. The lowest BCUT2D eigenvalue weighted by Gasteiger charge is -2.11. The summed E-state index contributed by atoms with van der Waals surface area (Å²) in [7, 11) is 0. The molecule has 1 amide bonds. The number of benzene rings is 2. The van der Waals surface area contributed by atoms with Crippen LogP contribution in [0.15, 0.2) is 54.7 Å². The minimum Gasteiger partial charge on any atom is -0.471 e. The Bertz CT molecular complexity index is 1000. The van der Waals surface area contributed by atoms with Crippen LogP contribution in [0.4, 0.5) is 18.9 Å². The first-order valence-electron chi connectivity index (χ1n) is 9.13. The first-order valence-corrected chi connectivity index (χ1v) is 9.13. The molecule has 0 fully saturated rings. The molecule has 158 valence electrons. The number of nitrogens with one attached hydrogen (secondary N) is 1. The van der Waals surface area contributed by atoms with E-state index < -0.39 is 24.1 Å².